The Morgan fingerprint density at radius 3 is 3.11 bits per heavy atom. The van der Waals surface area contributed by atoms with Gasteiger partial charge in [0.25, 0.3) is 0 Å². The van der Waals surface area contributed by atoms with Crippen LogP contribution in [0.2, 0.25) is 5.02 Å². The summed E-state index contributed by atoms with van der Waals surface area (Å²) in [6.07, 6.45) is 5.22. The van der Waals surface area contributed by atoms with Crippen molar-refractivity contribution in [1.29, 1.82) is 0 Å². The van der Waals surface area contributed by atoms with Crippen LogP contribution in [0.3, 0.4) is 0 Å². The van der Waals surface area contributed by atoms with E-state index in [0.717, 1.165) is 26.0 Å². The van der Waals surface area contributed by atoms with Gasteiger partial charge in [0.05, 0.1) is 12.3 Å². The number of hydrogen-bond donors (Lipinski definition) is 2. The highest BCUT2D eigenvalue weighted by atomic mass is 35.5. The van der Waals surface area contributed by atoms with Gasteiger partial charge in [-0.15, -0.1) is 0 Å². The summed E-state index contributed by atoms with van der Waals surface area (Å²) < 4.78 is 5.70. The number of hydrazine groups is 1. The monoisotopic (exact) mass is 271 g/mol. The van der Waals surface area contributed by atoms with Crippen LogP contribution in [-0.2, 0) is 4.74 Å². The highest BCUT2D eigenvalue weighted by Gasteiger charge is 2.18. The molecule has 0 spiro atoms. The molecule has 1 saturated heterocycles. The number of rotatable bonds is 4. The van der Waals surface area contributed by atoms with E-state index in [4.69, 9.17) is 22.2 Å². The van der Waals surface area contributed by atoms with Crippen molar-refractivity contribution in [1.82, 2.24) is 9.97 Å². The molecule has 1 aromatic heterocycles. The lowest BCUT2D eigenvalue weighted by atomic mass is 10.1. The van der Waals surface area contributed by atoms with Crippen molar-refractivity contribution in [3.8, 4) is 0 Å². The molecule has 1 aliphatic heterocycles. The van der Waals surface area contributed by atoms with Crippen molar-refractivity contribution in [2.45, 2.75) is 25.4 Å². The Morgan fingerprint density at radius 1 is 1.61 bits per heavy atom. The average molecular weight is 272 g/mol. The molecule has 2 rings (SSSR count). The molecule has 7 heteroatoms. The number of ether oxygens (including phenoxy) is 1. The SMILES string of the molecule is CN(CC1CCCCO1)c1nc(NN)ncc1Cl. The topological polar surface area (TPSA) is 76.3 Å². The number of nitrogen functional groups attached to an aromatic ring is 1. The molecule has 0 radical (unpaired) electrons. The van der Waals surface area contributed by atoms with Gasteiger partial charge in [0.2, 0.25) is 5.95 Å². The van der Waals surface area contributed by atoms with Crippen molar-refractivity contribution < 1.29 is 4.74 Å². The van der Waals surface area contributed by atoms with Gasteiger partial charge in [0.1, 0.15) is 5.02 Å². The Morgan fingerprint density at radius 2 is 2.44 bits per heavy atom. The molecule has 0 aromatic carbocycles. The number of hydrogen-bond acceptors (Lipinski definition) is 6. The molecule has 1 aliphatic rings. The lowest BCUT2D eigenvalue weighted by Gasteiger charge is -2.28. The fraction of sp³-hybridized carbons (Fsp3) is 0.636. The summed E-state index contributed by atoms with van der Waals surface area (Å²) in [6.45, 7) is 1.60. The zero-order valence-electron chi connectivity index (χ0n) is 10.4. The van der Waals surface area contributed by atoms with E-state index >= 15 is 0 Å². The van der Waals surface area contributed by atoms with Gasteiger partial charge in [0, 0.05) is 20.2 Å². The third-order valence-electron chi connectivity index (χ3n) is 2.97. The first-order valence-electron chi connectivity index (χ1n) is 6.02. The number of nitrogens with zero attached hydrogens (tertiary/aromatic N) is 3. The van der Waals surface area contributed by atoms with E-state index in [2.05, 4.69) is 15.4 Å². The fourth-order valence-electron chi connectivity index (χ4n) is 2.04. The van der Waals surface area contributed by atoms with Gasteiger partial charge in [-0.25, -0.2) is 10.8 Å². The zero-order chi connectivity index (χ0) is 13.0. The van der Waals surface area contributed by atoms with E-state index in [1.165, 1.54) is 12.6 Å². The lowest BCUT2D eigenvalue weighted by molar-refractivity contribution is 0.0215. The maximum absolute atomic E-state index is 6.09. The third kappa shape index (κ3) is 3.22. The van der Waals surface area contributed by atoms with Crippen LogP contribution in [0.5, 0.6) is 0 Å². The Hall–Kier alpha value is -1.11. The number of nitrogens with one attached hydrogen (secondary N) is 1. The van der Waals surface area contributed by atoms with Crippen molar-refractivity contribution in [3.63, 3.8) is 0 Å². The maximum atomic E-state index is 6.09. The van der Waals surface area contributed by atoms with Crippen LogP contribution in [0, 0.1) is 0 Å². The molecule has 2 heterocycles. The first-order valence-corrected chi connectivity index (χ1v) is 6.40. The predicted octanol–water partition coefficient (Wildman–Crippen LogP) is 1.42. The number of anilines is 2. The van der Waals surface area contributed by atoms with Gasteiger partial charge in [-0.1, -0.05) is 11.6 Å². The molecule has 6 nitrogen and oxygen atoms in total. The fourth-order valence-corrected chi connectivity index (χ4v) is 2.27. The molecular formula is C11H18ClN5O. The van der Waals surface area contributed by atoms with E-state index < -0.39 is 0 Å². The lowest BCUT2D eigenvalue weighted by Crippen LogP contribution is -2.34. The molecular weight excluding hydrogens is 254 g/mol. The molecule has 0 amide bonds. The minimum Gasteiger partial charge on any atom is -0.376 e. The quantitative estimate of drug-likeness (QED) is 0.637. The average Bonchev–Trinajstić information content (AvgIpc) is 2.40. The first-order chi connectivity index (χ1) is 8.70. The van der Waals surface area contributed by atoms with Gasteiger partial charge in [-0.05, 0) is 19.3 Å². The van der Waals surface area contributed by atoms with Crippen LogP contribution in [-0.4, -0.2) is 36.3 Å². The molecule has 0 bridgehead atoms. The summed E-state index contributed by atoms with van der Waals surface area (Å²) in [5.74, 6) is 6.31. The third-order valence-corrected chi connectivity index (χ3v) is 3.23. The van der Waals surface area contributed by atoms with E-state index in [9.17, 15) is 0 Å². The summed E-state index contributed by atoms with van der Waals surface area (Å²) in [5.41, 5.74) is 2.41. The molecule has 1 fully saturated rings. The molecule has 0 aliphatic carbocycles. The van der Waals surface area contributed by atoms with Gasteiger partial charge in [-0.2, -0.15) is 4.98 Å². The number of halogens is 1. The number of aromatic nitrogens is 2. The van der Waals surface area contributed by atoms with Crippen molar-refractivity contribution >= 4 is 23.4 Å². The van der Waals surface area contributed by atoms with E-state index in [-0.39, 0.29) is 6.10 Å². The first kappa shape index (κ1) is 13.3. The van der Waals surface area contributed by atoms with Crippen LogP contribution in [0.15, 0.2) is 6.20 Å². The Balaban J connectivity index is 2.04. The zero-order valence-corrected chi connectivity index (χ0v) is 11.2. The van der Waals surface area contributed by atoms with Crippen LogP contribution in [0.1, 0.15) is 19.3 Å². The highest BCUT2D eigenvalue weighted by Crippen LogP contribution is 2.24. The molecule has 0 saturated carbocycles. The molecule has 18 heavy (non-hydrogen) atoms. The van der Waals surface area contributed by atoms with Gasteiger partial charge in [-0.3, -0.25) is 5.43 Å². The summed E-state index contributed by atoms with van der Waals surface area (Å²) in [5, 5.41) is 0.507. The van der Waals surface area contributed by atoms with Crippen LogP contribution in [0.4, 0.5) is 11.8 Å². The summed E-state index contributed by atoms with van der Waals surface area (Å²) in [7, 11) is 1.94. The molecule has 1 aromatic rings. The normalized spacial score (nSPS) is 19.6. The van der Waals surface area contributed by atoms with Crippen LogP contribution >= 0.6 is 11.6 Å². The van der Waals surface area contributed by atoms with Crippen molar-refractivity contribution in [2.75, 3.05) is 30.5 Å². The molecule has 3 N–H and O–H groups in total. The largest absolute Gasteiger partial charge is 0.376 e. The summed E-state index contributed by atoms with van der Waals surface area (Å²) >= 11 is 6.09. The van der Waals surface area contributed by atoms with E-state index in [0.29, 0.717) is 16.8 Å². The second-order valence-electron chi connectivity index (χ2n) is 4.38. The minimum atomic E-state index is 0.240. The second-order valence-corrected chi connectivity index (χ2v) is 4.79. The van der Waals surface area contributed by atoms with Crippen LogP contribution in [0.25, 0.3) is 0 Å². The van der Waals surface area contributed by atoms with Crippen molar-refractivity contribution in [2.24, 2.45) is 5.84 Å². The van der Waals surface area contributed by atoms with Crippen molar-refractivity contribution in [3.05, 3.63) is 11.2 Å². The predicted molar refractivity (Wildman–Crippen MR) is 71.7 cm³/mol. The summed E-state index contributed by atoms with van der Waals surface area (Å²) in [6, 6.07) is 0. The number of nitrogens with two attached hydrogens (primary N) is 1. The molecule has 1 atom stereocenters. The Kier molecular flexibility index (Phi) is 4.57. The number of likely N-dealkylation sites (N-methyl/N-ethyl adjacent to an activating group) is 1. The second kappa shape index (κ2) is 6.17. The minimum absolute atomic E-state index is 0.240. The van der Waals surface area contributed by atoms with E-state index in [1.54, 1.807) is 0 Å². The van der Waals surface area contributed by atoms with Gasteiger partial charge >= 0.3 is 0 Å². The Bertz CT molecular complexity index is 397. The smallest absolute Gasteiger partial charge is 0.239 e. The van der Waals surface area contributed by atoms with Gasteiger partial charge in [0.15, 0.2) is 5.82 Å². The Labute approximate surface area is 111 Å². The standard InChI is InChI=1S/C11H18ClN5O/c1-17(7-8-4-2-3-5-18-8)10-9(12)6-14-11(15-10)16-13/h6,8H,2-5,7,13H2,1H3,(H,14,15,16). The molecule has 100 valence electrons. The molecule has 1 unspecified atom stereocenters. The van der Waals surface area contributed by atoms with Crippen LogP contribution < -0.4 is 16.2 Å². The van der Waals surface area contributed by atoms with E-state index in [1.807, 2.05) is 11.9 Å². The van der Waals surface area contributed by atoms with Gasteiger partial charge < -0.3 is 9.64 Å². The summed E-state index contributed by atoms with van der Waals surface area (Å²) in [4.78, 5) is 10.2. The maximum Gasteiger partial charge on any atom is 0.239 e. The highest BCUT2D eigenvalue weighted by molar-refractivity contribution is 6.32.